The predicted octanol–water partition coefficient (Wildman–Crippen LogP) is 2.73. The Kier molecular flexibility index (Phi) is 4.09. The maximum atomic E-state index is 11.9. The highest BCUT2D eigenvalue weighted by molar-refractivity contribution is 5.74. The van der Waals surface area contributed by atoms with Crippen LogP contribution in [-0.2, 0) is 4.79 Å². The van der Waals surface area contributed by atoms with E-state index in [0.717, 1.165) is 12.1 Å². The number of aliphatic hydroxyl groups excluding tert-OH is 1. The summed E-state index contributed by atoms with van der Waals surface area (Å²) in [6.07, 6.45) is -6.13. The molecule has 0 amide bonds. The van der Waals surface area contributed by atoms with E-state index in [1.807, 2.05) is 0 Å². The van der Waals surface area contributed by atoms with Gasteiger partial charge in [0.15, 0.2) is 0 Å². The summed E-state index contributed by atoms with van der Waals surface area (Å²) in [4.78, 5) is 11.0. The quantitative estimate of drug-likeness (QED) is 0.888. The Hall–Kier alpha value is -1.76. The fourth-order valence-corrected chi connectivity index (χ4v) is 1.39. The van der Waals surface area contributed by atoms with Crippen molar-refractivity contribution >= 4 is 5.97 Å². The lowest BCUT2D eigenvalue weighted by molar-refractivity contribution is -0.274. The van der Waals surface area contributed by atoms with Gasteiger partial charge in [-0.05, 0) is 31.5 Å². The first-order chi connectivity index (χ1) is 8.54. The molecule has 106 valence electrons. The summed E-state index contributed by atoms with van der Waals surface area (Å²) in [5.74, 6) is -1.65. The number of rotatable bonds is 4. The van der Waals surface area contributed by atoms with E-state index in [-0.39, 0.29) is 5.56 Å². The van der Waals surface area contributed by atoms with Crippen molar-refractivity contribution in [1.29, 1.82) is 0 Å². The number of carboxylic acids is 1. The lowest BCUT2D eigenvalue weighted by Gasteiger charge is -2.26. The highest BCUT2D eigenvalue weighted by Gasteiger charge is 2.37. The lowest BCUT2D eigenvalue weighted by atomic mass is 9.83. The number of ether oxygens (including phenoxy) is 1. The van der Waals surface area contributed by atoms with Crippen molar-refractivity contribution in [2.45, 2.75) is 26.3 Å². The predicted molar refractivity (Wildman–Crippen MR) is 59.5 cm³/mol. The fourth-order valence-electron chi connectivity index (χ4n) is 1.39. The van der Waals surface area contributed by atoms with Gasteiger partial charge in [0.05, 0.1) is 11.5 Å². The van der Waals surface area contributed by atoms with Gasteiger partial charge in [0.1, 0.15) is 5.75 Å². The summed E-state index contributed by atoms with van der Waals surface area (Å²) in [6, 6.07) is 4.42. The number of hydrogen-bond donors (Lipinski definition) is 2. The molecule has 1 atom stereocenters. The average Bonchev–Trinajstić information content (AvgIpc) is 2.26. The summed E-state index contributed by atoms with van der Waals surface area (Å²) >= 11 is 0. The van der Waals surface area contributed by atoms with E-state index in [2.05, 4.69) is 4.74 Å². The van der Waals surface area contributed by atoms with E-state index in [1.165, 1.54) is 26.0 Å². The smallest absolute Gasteiger partial charge is 0.481 e. The van der Waals surface area contributed by atoms with Crippen LogP contribution in [0.5, 0.6) is 5.75 Å². The molecule has 0 aliphatic carbocycles. The second-order valence-electron chi connectivity index (χ2n) is 4.55. The van der Waals surface area contributed by atoms with Crippen LogP contribution in [0.2, 0.25) is 0 Å². The van der Waals surface area contributed by atoms with E-state index in [1.54, 1.807) is 0 Å². The van der Waals surface area contributed by atoms with Crippen LogP contribution in [0.25, 0.3) is 0 Å². The standard InChI is InChI=1S/C12H13F3O4/c1-11(2,10(17)18)9(16)7-3-5-8(6-4-7)19-12(13,14)15/h3-6,9,16H,1-2H3,(H,17,18). The van der Waals surface area contributed by atoms with E-state index in [0.29, 0.717) is 0 Å². The highest BCUT2D eigenvalue weighted by atomic mass is 19.4. The van der Waals surface area contributed by atoms with Gasteiger partial charge in [0.2, 0.25) is 0 Å². The second-order valence-corrected chi connectivity index (χ2v) is 4.55. The van der Waals surface area contributed by atoms with Gasteiger partial charge in [-0.15, -0.1) is 13.2 Å². The van der Waals surface area contributed by atoms with Gasteiger partial charge in [-0.3, -0.25) is 4.79 Å². The second kappa shape index (κ2) is 5.08. The molecule has 2 N–H and O–H groups in total. The molecule has 4 nitrogen and oxygen atoms in total. The molecular formula is C12H13F3O4. The van der Waals surface area contributed by atoms with Gasteiger partial charge < -0.3 is 14.9 Å². The zero-order valence-corrected chi connectivity index (χ0v) is 10.2. The maximum absolute atomic E-state index is 11.9. The van der Waals surface area contributed by atoms with Crippen molar-refractivity contribution in [3.05, 3.63) is 29.8 Å². The molecule has 0 fully saturated rings. The number of aliphatic carboxylic acids is 1. The minimum atomic E-state index is -4.79. The Bertz CT molecular complexity index is 451. The van der Waals surface area contributed by atoms with Crippen LogP contribution < -0.4 is 4.74 Å². The number of carbonyl (C=O) groups is 1. The topological polar surface area (TPSA) is 66.8 Å². The molecule has 0 aliphatic rings. The normalized spacial score (nSPS) is 14.0. The minimum absolute atomic E-state index is 0.196. The Morgan fingerprint density at radius 1 is 1.21 bits per heavy atom. The van der Waals surface area contributed by atoms with Gasteiger partial charge in [0.25, 0.3) is 0 Å². The van der Waals surface area contributed by atoms with Gasteiger partial charge >= 0.3 is 12.3 Å². The highest BCUT2D eigenvalue weighted by Crippen LogP contribution is 2.34. The fraction of sp³-hybridized carbons (Fsp3) is 0.417. The molecule has 0 saturated heterocycles. The third-order valence-corrected chi connectivity index (χ3v) is 2.66. The van der Waals surface area contributed by atoms with Gasteiger partial charge in [0, 0.05) is 0 Å². The van der Waals surface area contributed by atoms with Crippen LogP contribution >= 0.6 is 0 Å². The molecule has 0 spiro atoms. The van der Waals surface area contributed by atoms with Crippen LogP contribution in [0.1, 0.15) is 25.5 Å². The van der Waals surface area contributed by atoms with Gasteiger partial charge in [-0.25, -0.2) is 0 Å². The van der Waals surface area contributed by atoms with Gasteiger partial charge in [-0.1, -0.05) is 12.1 Å². The van der Waals surface area contributed by atoms with E-state index < -0.39 is 29.6 Å². The van der Waals surface area contributed by atoms with Crippen LogP contribution in [0.4, 0.5) is 13.2 Å². The zero-order valence-electron chi connectivity index (χ0n) is 10.2. The van der Waals surface area contributed by atoms with E-state index in [4.69, 9.17) is 5.11 Å². The number of alkyl halides is 3. The zero-order chi connectivity index (χ0) is 14.8. The number of halogens is 3. The van der Waals surface area contributed by atoms with Crippen LogP contribution in [0.3, 0.4) is 0 Å². The molecule has 1 rings (SSSR count). The van der Waals surface area contributed by atoms with E-state index in [9.17, 15) is 23.1 Å². The molecule has 19 heavy (non-hydrogen) atoms. The molecule has 1 aromatic rings. The van der Waals surface area contributed by atoms with Crippen LogP contribution in [-0.4, -0.2) is 22.5 Å². The summed E-state index contributed by atoms with van der Waals surface area (Å²) in [5.41, 5.74) is -1.26. The monoisotopic (exact) mass is 278 g/mol. The first-order valence-electron chi connectivity index (χ1n) is 5.31. The largest absolute Gasteiger partial charge is 0.573 e. The minimum Gasteiger partial charge on any atom is -0.481 e. The Morgan fingerprint density at radius 3 is 2.05 bits per heavy atom. The molecule has 1 aromatic carbocycles. The van der Waals surface area contributed by atoms with Crippen molar-refractivity contribution in [3.63, 3.8) is 0 Å². The third kappa shape index (κ3) is 3.85. The third-order valence-electron chi connectivity index (χ3n) is 2.66. The van der Waals surface area contributed by atoms with Crippen molar-refractivity contribution in [2.24, 2.45) is 5.41 Å². The van der Waals surface area contributed by atoms with Crippen molar-refractivity contribution in [3.8, 4) is 5.75 Å². The number of aliphatic hydroxyl groups is 1. The average molecular weight is 278 g/mol. The first-order valence-corrected chi connectivity index (χ1v) is 5.31. The molecule has 0 saturated carbocycles. The molecule has 7 heteroatoms. The Labute approximate surface area is 107 Å². The van der Waals surface area contributed by atoms with Crippen LogP contribution in [0.15, 0.2) is 24.3 Å². The van der Waals surface area contributed by atoms with Gasteiger partial charge in [-0.2, -0.15) is 0 Å². The summed E-state index contributed by atoms with van der Waals surface area (Å²) < 4.78 is 39.5. The van der Waals surface area contributed by atoms with Crippen LogP contribution in [0, 0.1) is 5.41 Å². The lowest BCUT2D eigenvalue weighted by Crippen LogP contribution is -2.31. The number of carboxylic acid groups (broad SMARTS) is 1. The van der Waals surface area contributed by atoms with E-state index >= 15 is 0 Å². The van der Waals surface area contributed by atoms with Crippen molar-refractivity contribution in [1.82, 2.24) is 0 Å². The molecular weight excluding hydrogens is 265 g/mol. The number of hydrogen-bond acceptors (Lipinski definition) is 3. The molecule has 0 aliphatic heterocycles. The van der Waals surface area contributed by atoms with Crippen molar-refractivity contribution in [2.75, 3.05) is 0 Å². The first kappa shape index (κ1) is 15.3. The SMILES string of the molecule is CC(C)(C(=O)O)C(O)c1ccc(OC(F)(F)F)cc1. The summed E-state index contributed by atoms with van der Waals surface area (Å²) in [5, 5.41) is 18.8. The Balaban J connectivity index is 2.90. The molecule has 0 aromatic heterocycles. The molecule has 0 heterocycles. The molecule has 1 unspecified atom stereocenters. The van der Waals surface area contributed by atoms with Crippen molar-refractivity contribution < 1.29 is 32.9 Å². The molecule has 0 radical (unpaired) electrons. The molecule has 0 bridgehead atoms. The summed E-state index contributed by atoms with van der Waals surface area (Å²) in [6.45, 7) is 2.64. The Morgan fingerprint density at radius 2 is 1.68 bits per heavy atom. The summed E-state index contributed by atoms with van der Waals surface area (Å²) in [7, 11) is 0. The number of benzene rings is 1. The maximum Gasteiger partial charge on any atom is 0.573 e.